The van der Waals surface area contributed by atoms with E-state index in [1.165, 1.54) is 0 Å². The molecule has 0 aromatic heterocycles. The number of benzene rings is 1. The number of allylic oxidation sites excluding steroid dienone is 1. The van der Waals surface area contributed by atoms with Crippen LogP contribution in [0.15, 0.2) is 24.3 Å². The standard InChI is InChI=1S/C32H43NO10/c1-5-6-13-39-25(34)16-31(37,11-7-9-29(2,3)36)28(35)42-27-26-21-15-23-22(40-19-41-23)14-20(21)24-17-33-12-8-10-30(26,33)18-32(27,38-4)43-24/h5-6,14-15,24,26-27,36-37H,7-13,16-19H2,1-4H3/b6-5+/t24-,26-,27?,30+,31?,32-/m1/s1. The molecule has 1 aromatic carbocycles. The fourth-order valence-electron chi connectivity index (χ4n) is 7.90. The second-order valence-electron chi connectivity index (χ2n) is 13.2. The first-order valence-electron chi connectivity index (χ1n) is 15.3. The van der Waals surface area contributed by atoms with Crippen molar-refractivity contribution in [3.8, 4) is 11.5 Å². The Morgan fingerprint density at radius 1 is 1.16 bits per heavy atom. The molecule has 2 N–H and O–H groups in total. The van der Waals surface area contributed by atoms with Gasteiger partial charge in [-0.3, -0.25) is 9.69 Å². The fourth-order valence-corrected chi connectivity index (χ4v) is 7.90. The Balaban J connectivity index is 1.36. The molecular weight excluding hydrogens is 558 g/mol. The van der Waals surface area contributed by atoms with Gasteiger partial charge in [0, 0.05) is 31.5 Å². The first-order chi connectivity index (χ1) is 20.4. The maximum atomic E-state index is 14.1. The summed E-state index contributed by atoms with van der Waals surface area (Å²) in [6.07, 6.45) is 4.41. The van der Waals surface area contributed by atoms with E-state index in [4.69, 9.17) is 28.4 Å². The third-order valence-corrected chi connectivity index (χ3v) is 9.87. The quantitative estimate of drug-likeness (QED) is 0.286. The number of hydrogen-bond donors (Lipinski definition) is 2. The minimum atomic E-state index is -2.18. The SMILES string of the molecule is C/C=C/COC(=O)CC(O)(CCCC(C)(C)O)C(=O)OC1[C@H]2c3cc4c(cc3[C@H]3CN5CCC[C@]25C[C@@]1(OC)O3)OCO4. The molecule has 2 saturated heterocycles. The summed E-state index contributed by atoms with van der Waals surface area (Å²) in [6.45, 7) is 6.84. The molecule has 6 atom stereocenters. The molecule has 2 unspecified atom stereocenters. The molecule has 0 radical (unpaired) electrons. The highest BCUT2D eigenvalue weighted by Crippen LogP contribution is 2.65. The number of fused-ring (bicyclic) bond motifs is 1. The van der Waals surface area contributed by atoms with Gasteiger partial charge >= 0.3 is 11.9 Å². The fraction of sp³-hybridized carbons (Fsp3) is 0.688. The van der Waals surface area contributed by atoms with E-state index < -0.39 is 41.5 Å². The van der Waals surface area contributed by atoms with E-state index in [2.05, 4.69) is 4.90 Å². The highest BCUT2D eigenvalue weighted by Gasteiger charge is 2.72. The summed E-state index contributed by atoms with van der Waals surface area (Å²) in [7, 11) is 1.56. The Bertz CT molecular complexity index is 1290. The first-order valence-corrected chi connectivity index (χ1v) is 15.3. The number of hydrogen-bond acceptors (Lipinski definition) is 11. The first kappa shape index (κ1) is 30.3. The molecule has 1 spiro atoms. The lowest BCUT2D eigenvalue weighted by Crippen LogP contribution is -2.52. The zero-order valence-electron chi connectivity index (χ0n) is 25.4. The number of carbonyl (C=O) groups is 2. The van der Waals surface area contributed by atoms with Crippen LogP contribution in [-0.4, -0.2) is 89.3 Å². The number of esters is 2. The molecule has 7 rings (SSSR count). The molecule has 0 amide bonds. The van der Waals surface area contributed by atoms with Gasteiger partial charge in [-0.25, -0.2) is 4.79 Å². The normalized spacial score (nSPS) is 31.9. The third-order valence-electron chi connectivity index (χ3n) is 9.87. The Morgan fingerprint density at radius 3 is 2.60 bits per heavy atom. The molecule has 236 valence electrons. The lowest BCUT2D eigenvalue weighted by atomic mass is 9.78. The average molecular weight is 602 g/mol. The topological polar surface area (TPSA) is 133 Å². The third kappa shape index (κ3) is 5.22. The molecule has 1 aromatic rings. The van der Waals surface area contributed by atoms with Crippen LogP contribution in [0.4, 0.5) is 0 Å². The number of nitrogens with zero attached hydrogens (tertiary/aromatic N) is 1. The van der Waals surface area contributed by atoms with E-state index >= 15 is 0 Å². The van der Waals surface area contributed by atoms with Gasteiger partial charge in [-0.1, -0.05) is 12.2 Å². The van der Waals surface area contributed by atoms with Gasteiger partial charge in [-0.05, 0) is 82.7 Å². The van der Waals surface area contributed by atoms with E-state index in [-0.39, 0.29) is 43.8 Å². The van der Waals surface area contributed by atoms with Crippen LogP contribution in [0.5, 0.6) is 11.5 Å². The number of ether oxygens (including phenoxy) is 6. The molecule has 4 bridgehead atoms. The van der Waals surface area contributed by atoms with E-state index in [1.807, 2.05) is 12.1 Å². The molecule has 11 nitrogen and oxygen atoms in total. The van der Waals surface area contributed by atoms with Crippen LogP contribution >= 0.6 is 0 Å². The van der Waals surface area contributed by atoms with Gasteiger partial charge in [-0.15, -0.1) is 0 Å². The predicted octanol–water partition coefficient (Wildman–Crippen LogP) is 3.26. The van der Waals surface area contributed by atoms with Gasteiger partial charge in [0.2, 0.25) is 12.6 Å². The number of methoxy groups -OCH3 is 1. The molecule has 5 aliphatic heterocycles. The second kappa shape index (κ2) is 11.0. The average Bonchev–Trinajstić information content (AvgIpc) is 3.57. The summed E-state index contributed by atoms with van der Waals surface area (Å²) >= 11 is 0. The van der Waals surface area contributed by atoms with Crippen molar-refractivity contribution in [2.75, 3.05) is 33.6 Å². The van der Waals surface area contributed by atoms with Crippen molar-refractivity contribution in [3.63, 3.8) is 0 Å². The maximum absolute atomic E-state index is 14.1. The van der Waals surface area contributed by atoms with E-state index in [9.17, 15) is 19.8 Å². The molecule has 11 heteroatoms. The van der Waals surface area contributed by atoms with Gasteiger partial charge in [0.25, 0.3) is 0 Å². The Hall–Kier alpha value is -2.70. The van der Waals surface area contributed by atoms with Crippen LogP contribution in [-0.2, 0) is 28.5 Å². The van der Waals surface area contributed by atoms with Gasteiger partial charge < -0.3 is 38.6 Å². The lowest BCUT2D eigenvalue weighted by Gasteiger charge is -2.40. The van der Waals surface area contributed by atoms with E-state index in [1.54, 1.807) is 40.0 Å². The largest absolute Gasteiger partial charge is 0.461 e. The molecule has 43 heavy (non-hydrogen) atoms. The van der Waals surface area contributed by atoms with Crippen molar-refractivity contribution in [2.24, 2.45) is 0 Å². The second-order valence-corrected chi connectivity index (χ2v) is 13.2. The summed E-state index contributed by atoms with van der Waals surface area (Å²) in [6, 6.07) is 3.95. The van der Waals surface area contributed by atoms with Crippen molar-refractivity contribution < 1.29 is 48.2 Å². The molecule has 6 aliphatic rings. The predicted molar refractivity (Wildman–Crippen MR) is 152 cm³/mol. The van der Waals surface area contributed by atoms with E-state index in [0.717, 1.165) is 30.5 Å². The van der Waals surface area contributed by atoms with Crippen LogP contribution in [0, 0.1) is 0 Å². The highest BCUT2D eigenvalue weighted by molar-refractivity contribution is 5.86. The zero-order valence-corrected chi connectivity index (χ0v) is 25.4. The monoisotopic (exact) mass is 601 g/mol. The van der Waals surface area contributed by atoms with Crippen molar-refractivity contribution in [3.05, 3.63) is 35.4 Å². The van der Waals surface area contributed by atoms with Crippen molar-refractivity contribution >= 4 is 11.9 Å². The number of rotatable bonds is 11. The summed E-state index contributed by atoms with van der Waals surface area (Å²) in [4.78, 5) is 29.3. The number of aliphatic hydroxyl groups is 2. The Kier molecular flexibility index (Phi) is 7.78. The molecule has 1 saturated carbocycles. The van der Waals surface area contributed by atoms with Gasteiger partial charge in [0.1, 0.15) is 6.61 Å². The highest BCUT2D eigenvalue weighted by atomic mass is 16.7. The van der Waals surface area contributed by atoms with E-state index in [0.29, 0.717) is 30.9 Å². The van der Waals surface area contributed by atoms with Crippen molar-refractivity contribution in [2.45, 2.75) is 106 Å². The van der Waals surface area contributed by atoms with Gasteiger partial charge in [0.05, 0.1) is 18.1 Å². The molecule has 1 aliphatic carbocycles. The Labute approximate surface area is 252 Å². The molecule has 5 heterocycles. The van der Waals surface area contributed by atoms with Crippen molar-refractivity contribution in [1.29, 1.82) is 0 Å². The lowest BCUT2D eigenvalue weighted by molar-refractivity contribution is -0.284. The number of carbonyl (C=O) groups excluding carboxylic acids is 2. The zero-order chi connectivity index (χ0) is 30.6. The maximum Gasteiger partial charge on any atom is 0.339 e. The van der Waals surface area contributed by atoms with Gasteiger partial charge in [-0.2, -0.15) is 0 Å². The summed E-state index contributed by atoms with van der Waals surface area (Å²) in [5.74, 6) is -1.98. The molecular formula is C32H43NO10. The summed E-state index contributed by atoms with van der Waals surface area (Å²) in [5.41, 5.74) is -1.66. The van der Waals surface area contributed by atoms with Crippen LogP contribution in [0.1, 0.15) is 88.9 Å². The van der Waals surface area contributed by atoms with Gasteiger partial charge in [0.15, 0.2) is 23.2 Å². The van der Waals surface area contributed by atoms with Crippen LogP contribution < -0.4 is 9.47 Å². The van der Waals surface area contributed by atoms with Crippen LogP contribution in [0.3, 0.4) is 0 Å². The van der Waals surface area contributed by atoms with Crippen LogP contribution in [0.25, 0.3) is 0 Å². The van der Waals surface area contributed by atoms with Crippen molar-refractivity contribution in [1.82, 2.24) is 4.90 Å². The summed E-state index contributed by atoms with van der Waals surface area (Å²) < 4.78 is 36.0. The summed E-state index contributed by atoms with van der Waals surface area (Å²) in [5, 5.41) is 22.1. The Morgan fingerprint density at radius 2 is 1.91 bits per heavy atom. The minimum Gasteiger partial charge on any atom is -0.461 e. The smallest absolute Gasteiger partial charge is 0.339 e. The van der Waals surface area contributed by atoms with Crippen LogP contribution in [0.2, 0.25) is 0 Å². The minimum absolute atomic E-state index is 0.0299. The molecule has 3 fully saturated rings.